The van der Waals surface area contributed by atoms with Crippen molar-refractivity contribution >= 4 is 15.9 Å². The Morgan fingerprint density at radius 2 is 1.88 bits per heavy atom. The highest BCUT2D eigenvalue weighted by Gasteiger charge is 2.64. The Balaban J connectivity index is 1.91. The van der Waals surface area contributed by atoms with Gasteiger partial charge in [-0.2, -0.15) is 21.6 Å². The van der Waals surface area contributed by atoms with Crippen molar-refractivity contribution in [3.8, 4) is 0 Å². The van der Waals surface area contributed by atoms with Crippen molar-refractivity contribution < 1.29 is 30.6 Å². The molecule has 25 heavy (non-hydrogen) atoms. The van der Waals surface area contributed by atoms with Gasteiger partial charge in [0.2, 0.25) is 0 Å². The molecule has 138 valence electrons. The first kappa shape index (κ1) is 18.4. The average molecular weight is 376 g/mol. The molecule has 0 radical (unpaired) electrons. The van der Waals surface area contributed by atoms with Crippen molar-refractivity contribution in [2.75, 3.05) is 6.61 Å². The minimum atomic E-state index is -4.81. The molecule has 2 unspecified atom stereocenters. The van der Waals surface area contributed by atoms with Crippen molar-refractivity contribution in [2.45, 2.75) is 44.2 Å². The first-order chi connectivity index (χ1) is 11.4. The number of ketones is 1. The van der Waals surface area contributed by atoms with E-state index < -0.39 is 44.2 Å². The van der Waals surface area contributed by atoms with E-state index in [2.05, 4.69) is 0 Å². The van der Waals surface area contributed by atoms with Gasteiger partial charge in [-0.25, -0.2) is 0 Å². The predicted octanol–water partition coefficient (Wildman–Crippen LogP) is 3.81. The lowest BCUT2D eigenvalue weighted by atomic mass is 9.69. The van der Waals surface area contributed by atoms with E-state index in [0.717, 1.165) is 18.6 Å². The highest BCUT2D eigenvalue weighted by atomic mass is 32.2. The van der Waals surface area contributed by atoms with Gasteiger partial charge in [-0.3, -0.25) is 8.98 Å². The fourth-order valence-corrected chi connectivity index (χ4v) is 5.45. The second kappa shape index (κ2) is 5.54. The van der Waals surface area contributed by atoms with Crippen LogP contribution in [0.1, 0.15) is 38.7 Å². The number of alkyl halides is 3. The van der Waals surface area contributed by atoms with Crippen LogP contribution in [0.4, 0.5) is 13.2 Å². The van der Waals surface area contributed by atoms with Crippen LogP contribution in [0.15, 0.2) is 29.2 Å². The van der Waals surface area contributed by atoms with Gasteiger partial charge in [0.15, 0.2) is 0 Å². The maximum absolute atomic E-state index is 13.1. The second-order valence-corrected chi connectivity index (χ2v) is 8.96. The average Bonchev–Trinajstić information content (AvgIpc) is 2.87. The van der Waals surface area contributed by atoms with Gasteiger partial charge in [-0.1, -0.05) is 26.0 Å². The van der Waals surface area contributed by atoms with Gasteiger partial charge >= 0.3 is 6.18 Å². The number of hydrogen-bond acceptors (Lipinski definition) is 4. The Morgan fingerprint density at radius 1 is 1.24 bits per heavy atom. The molecule has 8 heteroatoms. The van der Waals surface area contributed by atoms with Crippen LogP contribution in [0.2, 0.25) is 0 Å². The van der Waals surface area contributed by atoms with Gasteiger partial charge in [-0.05, 0) is 36.3 Å². The molecule has 2 aliphatic rings. The summed E-state index contributed by atoms with van der Waals surface area (Å²) in [5, 5.41) is 0. The number of rotatable bonds is 4. The van der Waals surface area contributed by atoms with Gasteiger partial charge in [0.1, 0.15) is 10.7 Å². The van der Waals surface area contributed by atoms with E-state index in [1.165, 1.54) is 6.07 Å². The third kappa shape index (κ3) is 2.70. The summed E-state index contributed by atoms with van der Waals surface area (Å²) in [5.41, 5.74) is -2.64. The first-order valence-corrected chi connectivity index (χ1v) is 9.42. The monoisotopic (exact) mass is 376 g/mol. The van der Waals surface area contributed by atoms with E-state index in [1.807, 2.05) is 13.8 Å². The van der Waals surface area contributed by atoms with Gasteiger partial charge in [0.05, 0.1) is 17.6 Å². The largest absolute Gasteiger partial charge is 0.417 e. The molecule has 2 aliphatic carbocycles. The van der Waals surface area contributed by atoms with Crippen molar-refractivity contribution in [3.05, 3.63) is 29.8 Å². The highest BCUT2D eigenvalue weighted by Crippen LogP contribution is 2.64. The Morgan fingerprint density at radius 3 is 2.40 bits per heavy atom. The van der Waals surface area contributed by atoms with Crippen LogP contribution in [0.25, 0.3) is 0 Å². The topological polar surface area (TPSA) is 60.4 Å². The predicted molar refractivity (Wildman–Crippen MR) is 83.1 cm³/mol. The minimum Gasteiger partial charge on any atom is -0.299 e. The fourth-order valence-electron chi connectivity index (χ4n) is 4.27. The van der Waals surface area contributed by atoms with Crippen molar-refractivity contribution in [1.82, 2.24) is 0 Å². The molecular formula is C17H19F3O4S. The number of fused-ring (bicyclic) bond motifs is 2. The van der Waals surface area contributed by atoms with Crippen LogP contribution < -0.4 is 0 Å². The fraction of sp³-hybridized carbons (Fsp3) is 0.588. The molecule has 0 heterocycles. The molecule has 0 saturated heterocycles. The molecular weight excluding hydrogens is 357 g/mol. The first-order valence-electron chi connectivity index (χ1n) is 8.01. The number of benzene rings is 1. The Hall–Kier alpha value is -1.41. The van der Waals surface area contributed by atoms with Crippen molar-refractivity contribution in [2.24, 2.45) is 16.7 Å². The zero-order valence-electron chi connectivity index (χ0n) is 13.9. The quantitative estimate of drug-likeness (QED) is 0.750. The summed E-state index contributed by atoms with van der Waals surface area (Å²) >= 11 is 0. The lowest BCUT2D eigenvalue weighted by Gasteiger charge is -2.35. The number of Topliss-reactive ketones (excluding diaryl/α,β-unsaturated/α-hetero) is 1. The summed E-state index contributed by atoms with van der Waals surface area (Å²) in [4.78, 5) is 11.5. The van der Waals surface area contributed by atoms with E-state index in [9.17, 15) is 26.4 Å². The number of carbonyl (C=O) groups excluding carboxylic acids is 1. The second-order valence-electron chi connectivity index (χ2n) is 7.38. The van der Waals surface area contributed by atoms with E-state index in [0.29, 0.717) is 18.9 Å². The summed E-state index contributed by atoms with van der Waals surface area (Å²) in [6, 6.07) is 3.89. The van der Waals surface area contributed by atoms with Crippen LogP contribution in [0, 0.1) is 16.7 Å². The Bertz CT molecular complexity index is 813. The molecule has 0 N–H and O–H groups in total. The zero-order valence-corrected chi connectivity index (χ0v) is 14.7. The maximum atomic E-state index is 13.1. The molecule has 2 atom stereocenters. The SMILES string of the molecule is CC1(C)C2CCC1(COS(=O)(=O)c1ccccc1C(F)(F)F)C(=O)C2. The van der Waals surface area contributed by atoms with Crippen LogP contribution >= 0.6 is 0 Å². The van der Waals surface area contributed by atoms with Crippen molar-refractivity contribution in [1.29, 1.82) is 0 Å². The third-order valence-electron chi connectivity index (χ3n) is 6.06. The molecule has 2 bridgehead atoms. The molecule has 0 spiro atoms. The summed E-state index contributed by atoms with van der Waals surface area (Å²) in [5.74, 6) is 0.0989. The van der Waals surface area contributed by atoms with E-state index in [4.69, 9.17) is 4.18 Å². The maximum Gasteiger partial charge on any atom is 0.417 e. The molecule has 0 amide bonds. The third-order valence-corrected chi connectivity index (χ3v) is 7.38. The normalized spacial score (nSPS) is 28.5. The summed E-state index contributed by atoms with van der Waals surface area (Å²) < 4.78 is 69.1. The molecule has 0 aliphatic heterocycles. The minimum absolute atomic E-state index is 0.0620. The number of halogens is 3. The number of hydrogen-bond donors (Lipinski definition) is 0. The molecule has 2 saturated carbocycles. The lowest BCUT2D eigenvalue weighted by Crippen LogP contribution is -2.41. The van der Waals surface area contributed by atoms with Gasteiger partial charge in [0.25, 0.3) is 10.1 Å². The van der Waals surface area contributed by atoms with Crippen LogP contribution in [-0.4, -0.2) is 20.8 Å². The lowest BCUT2D eigenvalue weighted by molar-refractivity contribution is -0.140. The summed E-state index contributed by atoms with van der Waals surface area (Å²) in [7, 11) is -4.64. The van der Waals surface area contributed by atoms with Crippen LogP contribution in [0.3, 0.4) is 0 Å². The summed E-state index contributed by atoms with van der Waals surface area (Å²) in [6.07, 6.45) is -3.15. The van der Waals surface area contributed by atoms with E-state index >= 15 is 0 Å². The van der Waals surface area contributed by atoms with Crippen molar-refractivity contribution in [3.63, 3.8) is 0 Å². The van der Waals surface area contributed by atoms with Gasteiger partial charge in [0, 0.05) is 6.42 Å². The highest BCUT2D eigenvalue weighted by molar-refractivity contribution is 7.86. The summed E-state index contributed by atoms with van der Waals surface area (Å²) in [6.45, 7) is 3.38. The molecule has 0 aromatic heterocycles. The van der Waals surface area contributed by atoms with E-state index in [-0.39, 0.29) is 11.7 Å². The van der Waals surface area contributed by atoms with E-state index in [1.54, 1.807) is 0 Å². The standard InChI is InChI=1S/C17H19F3O4S/c1-15(2)11-7-8-16(15,14(21)9-11)10-24-25(22,23)13-6-4-3-5-12(13)17(18,19)20/h3-6,11H,7-10H2,1-2H3. The van der Waals surface area contributed by atoms with Crippen LogP contribution in [0.5, 0.6) is 0 Å². The zero-order chi connectivity index (χ0) is 18.7. The molecule has 3 rings (SSSR count). The Labute approximate surface area is 144 Å². The number of carbonyl (C=O) groups is 1. The van der Waals surface area contributed by atoms with Gasteiger partial charge in [-0.15, -0.1) is 0 Å². The molecule has 2 fully saturated rings. The smallest absolute Gasteiger partial charge is 0.299 e. The van der Waals surface area contributed by atoms with Crippen LogP contribution in [-0.2, 0) is 25.3 Å². The van der Waals surface area contributed by atoms with Gasteiger partial charge < -0.3 is 0 Å². The molecule has 4 nitrogen and oxygen atoms in total. The molecule has 1 aromatic carbocycles. The Kier molecular flexibility index (Phi) is 4.07. The molecule has 1 aromatic rings.